The molecule has 0 radical (unpaired) electrons. The van der Waals surface area contributed by atoms with E-state index in [-0.39, 0.29) is 11.5 Å². The normalized spacial score (nSPS) is 10.3. The van der Waals surface area contributed by atoms with Gasteiger partial charge in [-0.2, -0.15) is 0 Å². The third-order valence-electron chi connectivity index (χ3n) is 1.94. The SMILES string of the molecule is Cc1coc(Sc2cc([N+](=O)[O-])cc(NN)n2)n1. The van der Waals surface area contributed by atoms with Gasteiger partial charge in [0.1, 0.15) is 17.1 Å². The zero-order valence-corrected chi connectivity index (χ0v) is 10.1. The largest absolute Gasteiger partial charge is 0.439 e. The Kier molecular flexibility index (Phi) is 3.44. The number of nitrogens with zero attached hydrogens (tertiary/aromatic N) is 3. The Morgan fingerprint density at radius 2 is 2.28 bits per heavy atom. The van der Waals surface area contributed by atoms with Crippen LogP contribution in [0, 0.1) is 17.0 Å². The van der Waals surface area contributed by atoms with Crippen LogP contribution in [0.5, 0.6) is 0 Å². The Labute approximate surface area is 106 Å². The highest BCUT2D eigenvalue weighted by Gasteiger charge is 2.13. The van der Waals surface area contributed by atoms with Crippen molar-refractivity contribution in [2.45, 2.75) is 17.2 Å². The topological polar surface area (TPSA) is 120 Å². The summed E-state index contributed by atoms with van der Waals surface area (Å²) in [6.07, 6.45) is 1.49. The number of anilines is 1. The third-order valence-corrected chi connectivity index (χ3v) is 2.72. The van der Waals surface area contributed by atoms with Gasteiger partial charge in [0.2, 0.25) is 0 Å². The number of aryl methyl sites for hydroxylation is 1. The Bertz CT molecular complexity index is 585. The van der Waals surface area contributed by atoms with E-state index in [2.05, 4.69) is 15.4 Å². The van der Waals surface area contributed by atoms with E-state index in [0.29, 0.717) is 10.2 Å². The summed E-state index contributed by atoms with van der Waals surface area (Å²) < 4.78 is 5.13. The van der Waals surface area contributed by atoms with Gasteiger partial charge in [-0.05, 0) is 18.7 Å². The Morgan fingerprint density at radius 1 is 1.50 bits per heavy atom. The number of hydrogen-bond acceptors (Lipinski definition) is 8. The number of pyridine rings is 1. The molecule has 0 bridgehead atoms. The number of rotatable bonds is 4. The van der Waals surface area contributed by atoms with Crippen LogP contribution >= 0.6 is 11.8 Å². The van der Waals surface area contributed by atoms with Gasteiger partial charge in [0, 0.05) is 6.07 Å². The smallest absolute Gasteiger partial charge is 0.275 e. The summed E-state index contributed by atoms with van der Waals surface area (Å²) in [5.74, 6) is 5.41. The van der Waals surface area contributed by atoms with Gasteiger partial charge in [0.25, 0.3) is 10.9 Å². The molecule has 8 nitrogen and oxygen atoms in total. The number of hydrogen-bond donors (Lipinski definition) is 2. The van der Waals surface area contributed by atoms with E-state index in [1.807, 2.05) is 0 Å². The van der Waals surface area contributed by atoms with Crippen LogP contribution in [0.3, 0.4) is 0 Å². The first-order chi connectivity index (χ1) is 8.58. The number of nitro groups is 1. The van der Waals surface area contributed by atoms with E-state index in [0.717, 1.165) is 17.5 Å². The van der Waals surface area contributed by atoms with Gasteiger partial charge in [-0.1, -0.05) is 0 Å². The molecule has 9 heteroatoms. The molecule has 2 aromatic rings. The molecule has 0 amide bonds. The molecule has 2 heterocycles. The van der Waals surface area contributed by atoms with Gasteiger partial charge in [0.15, 0.2) is 0 Å². The van der Waals surface area contributed by atoms with Gasteiger partial charge in [0.05, 0.1) is 16.7 Å². The first-order valence-electron chi connectivity index (χ1n) is 4.81. The molecule has 3 N–H and O–H groups in total. The van der Waals surface area contributed by atoms with Crippen molar-refractivity contribution < 1.29 is 9.34 Å². The van der Waals surface area contributed by atoms with Crippen molar-refractivity contribution in [3.63, 3.8) is 0 Å². The fourth-order valence-corrected chi connectivity index (χ4v) is 1.98. The van der Waals surface area contributed by atoms with Crippen molar-refractivity contribution >= 4 is 23.3 Å². The van der Waals surface area contributed by atoms with Crippen molar-refractivity contribution in [1.82, 2.24) is 9.97 Å². The van der Waals surface area contributed by atoms with Crippen LogP contribution in [-0.4, -0.2) is 14.9 Å². The number of nitrogens with one attached hydrogen (secondary N) is 1. The minimum Gasteiger partial charge on any atom is -0.439 e. The van der Waals surface area contributed by atoms with Gasteiger partial charge in [-0.3, -0.25) is 10.1 Å². The van der Waals surface area contributed by atoms with Crippen molar-refractivity contribution in [2.24, 2.45) is 5.84 Å². The maximum Gasteiger partial charge on any atom is 0.275 e. The Morgan fingerprint density at radius 3 is 2.83 bits per heavy atom. The maximum atomic E-state index is 10.7. The van der Waals surface area contributed by atoms with Crippen LogP contribution in [0.2, 0.25) is 0 Å². The van der Waals surface area contributed by atoms with E-state index < -0.39 is 4.92 Å². The molecule has 0 aromatic carbocycles. The summed E-state index contributed by atoms with van der Waals surface area (Å²) in [4.78, 5) is 18.4. The van der Waals surface area contributed by atoms with Gasteiger partial charge < -0.3 is 9.84 Å². The lowest BCUT2D eigenvalue weighted by Crippen LogP contribution is -2.09. The predicted molar refractivity (Wildman–Crippen MR) is 64.1 cm³/mol. The molecule has 0 fully saturated rings. The quantitative estimate of drug-likeness (QED) is 0.488. The molecule has 0 unspecified atom stereocenters. The number of hydrazine groups is 1. The molecule has 18 heavy (non-hydrogen) atoms. The zero-order chi connectivity index (χ0) is 13.1. The Balaban J connectivity index is 2.32. The van der Waals surface area contributed by atoms with Gasteiger partial charge >= 0.3 is 0 Å². The van der Waals surface area contributed by atoms with Gasteiger partial charge in [-0.25, -0.2) is 15.8 Å². The first-order valence-corrected chi connectivity index (χ1v) is 5.63. The van der Waals surface area contributed by atoms with Crippen molar-refractivity contribution in [3.05, 3.63) is 34.2 Å². The second-order valence-corrected chi connectivity index (χ2v) is 4.28. The van der Waals surface area contributed by atoms with E-state index in [1.165, 1.54) is 18.4 Å². The van der Waals surface area contributed by atoms with Crippen molar-refractivity contribution in [2.75, 3.05) is 5.43 Å². The molecule has 0 aliphatic carbocycles. The van der Waals surface area contributed by atoms with E-state index in [9.17, 15) is 10.1 Å². The average molecular weight is 267 g/mol. The molecular weight excluding hydrogens is 258 g/mol. The lowest BCUT2D eigenvalue weighted by Gasteiger charge is -2.02. The van der Waals surface area contributed by atoms with Crippen LogP contribution in [0.4, 0.5) is 11.5 Å². The summed E-state index contributed by atoms with van der Waals surface area (Å²) in [5.41, 5.74) is 2.89. The number of aromatic nitrogens is 2. The summed E-state index contributed by atoms with van der Waals surface area (Å²) in [6, 6.07) is 2.57. The molecule has 94 valence electrons. The molecule has 2 aromatic heterocycles. The fraction of sp³-hybridized carbons (Fsp3) is 0.111. The predicted octanol–water partition coefficient (Wildman–Crippen LogP) is 1.72. The monoisotopic (exact) mass is 267 g/mol. The van der Waals surface area contributed by atoms with E-state index in [4.69, 9.17) is 10.3 Å². The highest BCUT2D eigenvalue weighted by molar-refractivity contribution is 7.99. The number of oxazole rings is 1. The summed E-state index contributed by atoms with van der Waals surface area (Å²) >= 11 is 1.08. The van der Waals surface area contributed by atoms with Crippen molar-refractivity contribution in [1.29, 1.82) is 0 Å². The maximum absolute atomic E-state index is 10.7. The third kappa shape index (κ3) is 2.76. The lowest BCUT2D eigenvalue weighted by atomic mass is 10.4. The molecule has 2 rings (SSSR count). The molecule has 0 aliphatic heterocycles. The van der Waals surface area contributed by atoms with Crippen LogP contribution in [-0.2, 0) is 0 Å². The zero-order valence-electron chi connectivity index (χ0n) is 9.28. The summed E-state index contributed by atoms with van der Waals surface area (Å²) in [5, 5.41) is 11.5. The van der Waals surface area contributed by atoms with Crippen molar-refractivity contribution in [3.8, 4) is 0 Å². The van der Waals surface area contributed by atoms with Gasteiger partial charge in [-0.15, -0.1) is 0 Å². The minimum absolute atomic E-state index is 0.108. The van der Waals surface area contributed by atoms with Crippen LogP contribution in [0.1, 0.15) is 5.69 Å². The first kappa shape index (κ1) is 12.3. The molecule has 0 saturated heterocycles. The minimum atomic E-state index is -0.520. The molecular formula is C9H9N5O3S. The highest BCUT2D eigenvalue weighted by Crippen LogP contribution is 2.29. The van der Waals surface area contributed by atoms with Crippen LogP contribution in [0.15, 0.2) is 33.1 Å². The standard InChI is InChI=1S/C9H9N5O3S/c1-5-4-17-9(11-5)18-8-3-6(14(15)16)2-7(12-8)13-10/h2-4H,10H2,1H3,(H,12,13). The summed E-state index contributed by atoms with van der Waals surface area (Å²) in [6.45, 7) is 1.78. The van der Waals surface area contributed by atoms with Crippen LogP contribution < -0.4 is 11.3 Å². The molecule has 0 spiro atoms. The molecule has 0 atom stereocenters. The fourth-order valence-electron chi connectivity index (χ4n) is 1.19. The van der Waals surface area contributed by atoms with E-state index >= 15 is 0 Å². The highest BCUT2D eigenvalue weighted by atomic mass is 32.2. The average Bonchev–Trinajstić information content (AvgIpc) is 2.74. The van der Waals surface area contributed by atoms with Crippen LogP contribution in [0.25, 0.3) is 0 Å². The second kappa shape index (κ2) is 5.02. The molecule has 0 aliphatic rings. The lowest BCUT2D eigenvalue weighted by molar-refractivity contribution is -0.385. The summed E-state index contributed by atoms with van der Waals surface area (Å²) in [7, 11) is 0. The number of nitrogen functional groups attached to an aromatic ring is 1. The number of nitrogens with two attached hydrogens (primary N) is 1. The molecule has 0 saturated carbocycles. The van der Waals surface area contributed by atoms with E-state index in [1.54, 1.807) is 6.92 Å². The second-order valence-electron chi connectivity index (χ2n) is 3.31. The Hall–Kier alpha value is -2.13.